The molecule has 0 saturated carbocycles. The Morgan fingerprint density at radius 3 is 2.15 bits per heavy atom. The van der Waals surface area contributed by atoms with Gasteiger partial charge >= 0.3 is 5.97 Å². The van der Waals surface area contributed by atoms with Gasteiger partial charge in [-0.25, -0.2) is 0 Å². The largest absolute Gasteiger partial charge is 0.468 e. The van der Waals surface area contributed by atoms with Crippen molar-refractivity contribution in [3.63, 3.8) is 0 Å². The molecule has 0 aromatic heterocycles. The van der Waals surface area contributed by atoms with Crippen LogP contribution < -0.4 is 5.73 Å². The SMILES string of the molecule is COC(=O)[C@H](N)[C@H](O)[C@H](C)C(C)C. The molecule has 3 atom stereocenters. The van der Waals surface area contributed by atoms with Gasteiger partial charge in [0.15, 0.2) is 0 Å². The Hall–Kier alpha value is -0.610. The zero-order chi connectivity index (χ0) is 10.6. The van der Waals surface area contributed by atoms with E-state index in [1.165, 1.54) is 7.11 Å². The van der Waals surface area contributed by atoms with Crippen LogP contribution in [0.3, 0.4) is 0 Å². The van der Waals surface area contributed by atoms with E-state index in [-0.39, 0.29) is 11.8 Å². The smallest absolute Gasteiger partial charge is 0.325 e. The molecule has 0 aliphatic heterocycles. The van der Waals surface area contributed by atoms with E-state index >= 15 is 0 Å². The van der Waals surface area contributed by atoms with Gasteiger partial charge in [0, 0.05) is 0 Å². The van der Waals surface area contributed by atoms with Crippen molar-refractivity contribution in [3.8, 4) is 0 Å². The van der Waals surface area contributed by atoms with E-state index in [1.807, 2.05) is 20.8 Å². The van der Waals surface area contributed by atoms with Crippen molar-refractivity contribution in [2.75, 3.05) is 7.11 Å². The van der Waals surface area contributed by atoms with Gasteiger partial charge in [-0.15, -0.1) is 0 Å². The topological polar surface area (TPSA) is 72.5 Å². The van der Waals surface area contributed by atoms with Crippen LogP contribution in [-0.4, -0.2) is 30.3 Å². The van der Waals surface area contributed by atoms with Crippen LogP contribution in [0, 0.1) is 11.8 Å². The summed E-state index contributed by atoms with van der Waals surface area (Å²) < 4.78 is 4.44. The van der Waals surface area contributed by atoms with Crippen LogP contribution in [0.25, 0.3) is 0 Å². The quantitative estimate of drug-likeness (QED) is 0.617. The highest BCUT2D eigenvalue weighted by Gasteiger charge is 2.29. The zero-order valence-electron chi connectivity index (χ0n) is 8.65. The van der Waals surface area contributed by atoms with E-state index in [0.717, 1.165) is 0 Å². The van der Waals surface area contributed by atoms with Crippen LogP contribution in [0.4, 0.5) is 0 Å². The van der Waals surface area contributed by atoms with Crippen LogP contribution in [0.5, 0.6) is 0 Å². The molecule has 0 aliphatic carbocycles. The third-order valence-corrected chi connectivity index (χ3v) is 2.43. The van der Waals surface area contributed by atoms with Crippen LogP contribution >= 0.6 is 0 Å². The maximum Gasteiger partial charge on any atom is 0.325 e. The number of esters is 1. The summed E-state index contributed by atoms with van der Waals surface area (Å²) in [6.07, 6.45) is -0.840. The number of carbonyl (C=O) groups excluding carboxylic acids is 1. The number of nitrogens with two attached hydrogens (primary N) is 1. The first-order valence-corrected chi connectivity index (χ1v) is 4.43. The Morgan fingerprint density at radius 2 is 1.85 bits per heavy atom. The summed E-state index contributed by atoms with van der Waals surface area (Å²) in [5.41, 5.74) is 5.49. The molecule has 4 heteroatoms. The average Bonchev–Trinajstić information content (AvgIpc) is 2.12. The van der Waals surface area contributed by atoms with E-state index in [2.05, 4.69) is 4.74 Å². The van der Waals surface area contributed by atoms with Crippen LogP contribution in [0.2, 0.25) is 0 Å². The normalized spacial score (nSPS) is 18.1. The summed E-state index contributed by atoms with van der Waals surface area (Å²) in [6, 6.07) is -0.942. The number of hydrogen-bond donors (Lipinski definition) is 2. The fourth-order valence-electron chi connectivity index (χ4n) is 0.997. The van der Waals surface area contributed by atoms with E-state index in [4.69, 9.17) is 5.73 Å². The minimum atomic E-state index is -0.942. The van der Waals surface area contributed by atoms with Crippen LogP contribution in [-0.2, 0) is 9.53 Å². The standard InChI is InChI=1S/C9H19NO3/c1-5(2)6(3)8(11)7(10)9(12)13-4/h5-8,11H,10H2,1-4H3/t6-,7-,8-/m1/s1. The average molecular weight is 189 g/mol. The molecule has 13 heavy (non-hydrogen) atoms. The molecule has 0 spiro atoms. The first kappa shape index (κ1) is 12.4. The molecule has 0 fully saturated rings. The Labute approximate surface area is 79.1 Å². The molecule has 0 unspecified atom stereocenters. The Kier molecular flexibility index (Phi) is 4.95. The molecule has 0 radical (unpaired) electrons. The summed E-state index contributed by atoms with van der Waals surface area (Å²) in [5, 5.41) is 9.63. The molecule has 0 aliphatic rings. The number of aliphatic hydroxyl groups is 1. The minimum Gasteiger partial charge on any atom is -0.468 e. The van der Waals surface area contributed by atoms with Gasteiger partial charge in [-0.05, 0) is 11.8 Å². The van der Waals surface area contributed by atoms with Gasteiger partial charge < -0.3 is 15.6 Å². The second kappa shape index (κ2) is 5.19. The number of ether oxygens (including phenoxy) is 1. The van der Waals surface area contributed by atoms with Gasteiger partial charge in [0.25, 0.3) is 0 Å². The molecule has 0 rings (SSSR count). The molecule has 0 aromatic rings. The Bertz CT molecular complexity index is 170. The Morgan fingerprint density at radius 1 is 1.38 bits per heavy atom. The van der Waals surface area contributed by atoms with Gasteiger partial charge in [0.05, 0.1) is 13.2 Å². The summed E-state index contributed by atoms with van der Waals surface area (Å²) in [5.74, 6) is -0.306. The lowest BCUT2D eigenvalue weighted by molar-refractivity contribution is -0.146. The lowest BCUT2D eigenvalue weighted by Crippen LogP contribution is -2.46. The predicted molar refractivity (Wildman–Crippen MR) is 50.0 cm³/mol. The minimum absolute atomic E-state index is 0.0194. The second-order valence-corrected chi connectivity index (χ2v) is 3.64. The van der Waals surface area contributed by atoms with Crippen molar-refractivity contribution in [2.24, 2.45) is 17.6 Å². The molecule has 0 heterocycles. The molecule has 0 amide bonds. The third-order valence-electron chi connectivity index (χ3n) is 2.43. The van der Waals surface area contributed by atoms with E-state index in [9.17, 15) is 9.90 Å². The number of carbonyl (C=O) groups is 1. The number of methoxy groups -OCH3 is 1. The van der Waals surface area contributed by atoms with Crippen molar-refractivity contribution in [3.05, 3.63) is 0 Å². The third kappa shape index (κ3) is 3.32. The lowest BCUT2D eigenvalue weighted by atomic mass is 9.88. The van der Waals surface area contributed by atoms with Gasteiger partial charge in [-0.2, -0.15) is 0 Å². The Balaban J connectivity index is 4.24. The van der Waals surface area contributed by atoms with Gasteiger partial charge in [-0.1, -0.05) is 20.8 Å². The highest BCUT2D eigenvalue weighted by Crippen LogP contribution is 2.16. The maximum atomic E-state index is 11.0. The maximum absolute atomic E-state index is 11.0. The number of rotatable bonds is 4. The summed E-state index contributed by atoms with van der Waals surface area (Å²) in [4.78, 5) is 11.0. The molecule has 0 saturated heterocycles. The molecule has 0 bridgehead atoms. The first-order chi connectivity index (χ1) is 5.91. The highest BCUT2D eigenvalue weighted by atomic mass is 16.5. The number of aliphatic hydroxyl groups excluding tert-OH is 1. The molecule has 4 nitrogen and oxygen atoms in total. The highest BCUT2D eigenvalue weighted by molar-refractivity contribution is 5.76. The second-order valence-electron chi connectivity index (χ2n) is 3.64. The van der Waals surface area contributed by atoms with Crippen molar-refractivity contribution < 1.29 is 14.6 Å². The van der Waals surface area contributed by atoms with Crippen LogP contribution in [0.1, 0.15) is 20.8 Å². The summed E-state index contributed by atoms with van der Waals surface area (Å²) in [7, 11) is 1.26. The van der Waals surface area contributed by atoms with Gasteiger partial charge in [-0.3, -0.25) is 4.79 Å². The van der Waals surface area contributed by atoms with E-state index in [1.54, 1.807) is 0 Å². The monoisotopic (exact) mass is 189 g/mol. The summed E-state index contributed by atoms with van der Waals surface area (Å²) in [6.45, 7) is 5.80. The molecular weight excluding hydrogens is 170 g/mol. The van der Waals surface area contributed by atoms with Crippen molar-refractivity contribution >= 4 is 5.97 Å². The van der Waals surface area contributed by atoms with Crippen molar-refractivity contribution in [1.82, 2.24) is 0 Å². The van der Waals surface area contributed by atoms with Crippen molar-refractivity contribution in [1.29, 1.82) is 0 Å². The summed E-state index contributed by atoms with van der Waals surface area (Å²) >= 11 is 0. The molecule has 0 aromatic carbocycles. The van der Waals surface area contributed by atoms with Gasteiger partial charge in [0.1, 0.15) is 6.04 Å². The van der Waals surface area contributed by atoms with Crippen LogP contribution in [0.15, 0.2) is 0 Å². The zero-order valence-corrected chi connectivity index (χ0v) is 8.65. The lowest BCUT2D eigenvalue weighted by Gasteiger charge is -2.25. The van der Waals surface area contributed by atoms with Crippen molar-refractivity contribution in [2.45, 2.75) is 32.9 Å². The van der Waals surface area contributed by atoms with Gasteiger partial charge in [0.2, 0.25) is 0 Å². The molecular formula is C9H19NO3. The predicted octanol–water partition coefficient (Wildman–Crippen LogP) is 0.140. The fourth-order valence-corrected chi connectivity index (χ4v) is 0.997. The van der Waals surface area contributed by atoms with E-state index in [0.29, 0.717) is 0 Å². The van der Waals surface area contributed by atoms with E-state index < -0.39 is 18.1 Å². The molecule has 3 N–H and O–H groups in total. The number of hydrogen-bond acceptors (Lipinski definition) is 4. The molecule has 78 valence electrons. The first-order valence-electron chi connectivity index (χ1n) is 4.43. The fraction of sp³-hybridized carbons (Fsp3) is 0.889.